The number of amides is 1. The lowest BCUT2D eigenvalue weighted by molar-refractivity contribution is 0.0526. The molecule has 1 aliphatic rings. The Morgan fingerprint density at radius 1 is 1.11 bits per heavy atom. The molecule has 0 aliphatic heterocycles. The first kappa shape index (κ1) is 19.4. The molecule has 1 N–H and O–H groups in total. The van der Waals surface area contributed by atoms with Gasteiger partial charge in [0, 0.05) is 10.4 Å². The van der Waals surface area contributed by atoms with Crippen molar-refractivity contribution in [3.8, 4) is 5.75 Å². The normalized spacial score (nSPS) is 13.0. The van der Waals surface area contributed by atoms with Crippen LogP contribution >= 0.6 is 11.3 Å². The van der Waals surface area contributed by atoms with Crippen LogP contribution in [0.3, 0.4) is 0 Å². The molecule has 1 aromatic carbocycles. The van der Waals surface area contributed by atoms with Gasteiger partial charge in [-0.05, 0) is 68.9 Å². The van der Waals surface area contributed by atoms with Crippen LogP contribution in [0.5, 0.6) is 5.75 Å². The molecule has 0 radical (unpaired) electrons. The van der Waals surface area contributed by atoms with E-state index in [2.05, 4.69) is 5.32 Å². The van der Waals surface area contributed by atoms with E-state index in [0.29, 0.717) is 29.3 Å². The molecule has 3 rings (SSSR count). The second-order valence-electron chi connectivity index (χ2n) is 6.46. The van der Waals surface area contributed by atoms with Gasteiger partial charge in [0.1, 0.15) is 10.8 Å². The van der Waals surface area contributed by atoms with E-state index in [1.165, 1.54) is 16.2 Å². The topological polar surface area (TPSA) is 64.6 Å². The Balaban J connectivity index is 1.81. The molecule has 0 fully saturated rings. The van der Waals surface area contributed by atoms with Crippen molar-refractivity contribution in [1.82, 2.24) is 0 Å². The highest BCUT2D eigenvalue weighted by Gasteiger charge is 2.27. The number of esters is 1. The molecule has 1 amide bonds. The number of nitrogens with one attached hydrogen (secondary N) is 1. The van der Waals surface area contributed by atoms with E-state index in [1.54, 1.807) is 31.2 Å². The standard InChI is InChI=1S/C21H25NO4S/c1-3-13-26-15-11-9-14(10-12-15)19(23)22-20-18(21(24)25-4-2)16-7-5-6-8-17(16)27-20/h9-12H,3-8,13H2,1-2H3,(H,22,23). The number of ether oxygens (including phenoxy) is 2. The number of rotatable bonds is 7. The van der Waals surface area contributed by atoms with Crippen LogP contribution in [-0.2, 0) is 17.6 Å². The highest BCUT2D eigenvalue weighted by atomic mass is 32.1. The third-order valence-electron chi connectivity index (χ3n) is 4.47. The van der Waals surface area contributed by atoms with Gasteiger partial charge in [-0.2, -0.15) is 0 Å². The highest BCUT2D eigenvalue weighted by molar-refractivity contribution is 7.17. The molecule has 0 saturated heterocycles. The molecule has 0 atom stereocenters. The molecule has 0 saturated carbocycles. The Bertz CT molecular complexity index is 810. The minimum Gasteiger partial charge on any atom is -0.494 e. The zero-order chi connectivity index (χ0) is 19.2. The summed E-state index contributed by atoms with van der Waals surface area (Å²) < 4.78 is 10.8. The van der Waals surface area contributed by atoms with Crippen molar-refractivity contribution in [2.75, 3.05) is 18.5 Å². The fourth-order valence-electron chi connectivity index (χ4n) is 3.17. The number of carbonyl (C=O) groups excluding carboxylic acids is 2. The Hall–Kier alpha value is -2.34. The second kappa shape index (κ2) is 9.04. The molecule has 0 spiro atoms. The average molecular weight is 388 g/mol. The third kappa shape index (κ3) is 4.50. The number of aryl methyl sites for hydroxylation is 1. The summed E-state index contributed by atoms with van der Waals surface area (Å²) in [7, 11) is 0. The molecule has 27 heavy (non-hydrogen) atoms. The number of thiophene rings is 1. The molecule has 5 nitrogen and oxygen atoms in total. The first-order valence-corrected chi connectivity index (χ1v) is 10.3. The number of carbonyl (C=O) groups is 2. The van der Waals surface area contributed by atoms with Crippen LogP contribution in [-0.4, -0.2) is 25.1 Å². The number of fused-ring (bicyclic) bond motifs is 1. The minimum absolute atomic E-state index is 0.235. The lowest BCUT2D eigenvalue weighted by Crippen LogP contribution is -2.15. The maximum Gasteiger partial charge on any atom is 0.341 e. The summed E-state index contributed by atoms with van der Waals surface area (Å²) in [4.78, 5) is 26.3. The monoisotopic (exact) mass is 387 g/mol. The van der Waals surface area contributed by atoms with Gasteiger partial charge >= 0.3 is 5.97 Å². The Morgan fingerprint density at radius 2 is 1.85 bits per heavy atom. The van der Waals surface area contributed by atoms with E-state index in [0.717, 1.165) is 43.4 Å². The van der Waals surface area contributed by atoms with Gasteiger partial charge in [-0.15, -0.1) is 11.3 Å². The fraction of sp³-hybridized carbons (Fsp3) is 0.429. The maximum absolute atomic E-state index is 12.7. The van der Waals surface area contributed by atoms with Crippen molar-refractivity contribution < 1.29 is 19.1 Å². The van der Waals surface area contributed by atoms with Crippen LogP contribution in [0.4, 0.5) is 5.00 Å². The highest BCUT2D eigenvalue weighted by Crippen LogP contribution is 2.38. The van der Waals surface area contributed by atoms with Crippen molar-refractivity contribution in [3.05, 3.63) is 45.8 Å². The van der Waals surface area contributed by atoms with E-state index < -0.39 is 0 Å². The van der Waals surface area contributed by atoms with E-state index in [1.807, 2.05) is 6.92 Å². The third-order valence-corrected chi connectivity index (χ3v) is 5.67. The molecule has 2 aromatic rings. The summed E-state index contributed by atoms with van der Waals surface area (Å²) in [6.45, 7) is 4.80. The molecule has 6 heteroatoms. The summed E-state index contributed by atoms with van der Waals surface area (Å²) >= 11 is 1.50. The molecule has 0 unspecified atom stereocenters. The van der Waals surface area contributed by atoms with Crippen LogP contribution in [0.1, 0.15) is 64.3 Å². The van der Waals surface area contributed by atoms with E-state index >= 15 is 0 Å². The molecular weight excluding hydrogens is 362 g/mol. The van der Waals surface area contributed by atoms with E-state index in [4.69, 9.17) is 9.47 Å². The van der Waals surface area contributed by atoms with Crippen LogP contribution in [0.25, 0.3) is 0 Å². The van der Waals surface area contributed by atoms with Gasteiger partial charge in [0.2, 0.25) is 0 Å². The number of anilines is 1. The van der Waals surface area contributed by atoms with Gasteiger partial charge in [-0.3, -0.25) is 4.79 Å². The number of hydrogen-bond donors (Lipinski definition) is 1. The van der Waals surface area contributed by atoms with Crippen LogP contribution in [0, 0.1) is 0 Å². The van der Waals surface area contributed by atoms with Crippen LogP contribution < -0.4 is 10.1 Å². The quantitative estimate of drug-likeness (QED) is 0.690. The lowest BCUT2D eigenvalue weighted by atomic mass is 9.95. The van der Waals surface area contributed by atoms with Gasteiger partial charge in [-0.1, -0.05) is 6.92 Å². The Morgan fingerprint density at radius 3 is 2.56 bits per heavy atom. The summed E-state index contributed by atoms with van der Waals surface area (Å²) in [6.07, 6.45) is 4.91. The second-order valence-corrected chi connectivity index (χ2v) is 7.57. The van der Waals surface area contributed by atoms with E-state index in [-0.39, 0.29) is 11.9 Å². The largest absolute Gasteiger partial charge is 0.494 e. The first-order valence-electron chi connectivity index (χ1n) is 9.49. The van der Waals surface area contributed by atoms with Gasteiger partial charge in [-0.25, -0.2) is 4.79 Å². The Kier molecular flexibility index (Phi) is 6.50. The smallest absolute Gasteiger partial charge is 0.341 e. The number of benzene rings is 1. The number of hydrogen-bond acceptors (Lipinski definition) is 5. The van der Waals surface area contributed by atoms with Crippen molar-refractivity contribution >= 4 is 28.2 Å². The van der Waals surface area contributed by atoms with Crippen molar-refractivity contribution in [1.29, 1.82) is 0 Å². The van der Waals surface area contributed by atoms with Gasteiger partial charge in [0.05, 0.1) is 18.8 Å². The van der Waals surface area contributed by atoms with Crippen LogP contribution in [0.2, 0.25) is 0 Å². The first-order chi connectivity index (χ1) is 13.1. The zero-order valence-corrected chi connectivity index (χ0v) is 16.6. The lowest BCUT2D eigenvalue weighted by Gasteiger charge is -2.12. The molecular formula is C21H25NO4S. The summed E-state index contributed by atoms with van der Waals surface area (Å²) in [5.41, 5.74) is 2.11. The van der Waals surface area contributed by atoms with Crippen molar-refractivity contribution in [2.24, 2.45) is 0 Å². The minimum atomic E-state index is -0.351. The van der Waals surface area contributed by atoms with Crippen molar-refractivity contribution in [2.45, 2.75) is 46.0 Å². The Labute approximate surface area is 163 Å². The molecule has 1 heterocycles. The maximum atomic E-state index is 12.7. The average Bonchev–Trinajstić information content (AvgIpc) is 3.04. The summed E-state index contributed by atoms with van der Waals surface area (Å²) in [5.74, 6) is 0.156. The molecule has 1 aliphatic carbocycles. The summed E-state index contributed by atoms with van der Waals surface area (Å²) in [6, 6.07) is 7.04. The summed E-state index contributed by atoms with van der Waals surface area (Å²) in [5, 5.41) is 3.52. The van der Waals surface area contributed by atoms with Crippen molar-refractivity contribution in [3.63, 3.8) is 0 Å². The predicted molar refractivity (Wildman–Crippen MR) is 107 cm³/mol. The molecule has 1 aromatic heterocycles. The predicted octanol–water partition coefficient (Wildman–Crippen LogP) is 4.84. The SMILES string of the molecule is CCCOc1ccc(C(=O)Nc2sc3c(c2C(=O)OCC)CCCC3)cc1. The molecule has 144 valence electrons. The van der Waals surface area contributed by atoms with Gasteiger partial charge < -0.3 is 14.8 Å². The van der Waals surface area contributed by atoms with Gasteiger partial charge in [0.15, 0.2) is 0 Å². The van der Waals surface area contributed by atoms with E-state index in [9.17, 15) is 9.59 Å². The molecule has 0 bridgehead atoms. The van der Waals surface area contributed by atoms with Gasteiger partial charge in [0.25, 0.3) is 5.91 Å². The zero-order valence-electron chi connectivity index (χ0n) is 15.8. The fourth-order valence-corrected chi connectivity index (χ4v) is 4.44. The van der Waals surface area contributed by atoms with Crippen LogP contribution in [0.15, 0.2) is 24.3 Å².